The highest BCUT2D eigenvalue weighted by atomic mass is 16.5. The molecule has 1 radical (unpaired) electrons. The standard InChI is InChI=1S/C29H29N2O3/c1-3-29(2,23-10-7-11-24(17-23)33-19-20-12-13-20)18-21-14-15-25(22-8-5-4-6-9-22)26(16-21)27-30-28(32)34-31-27/h3-11,14-17,20H,12-13,18-19H2,1-2H3,(H,30,31,32). The molecule has 1 fully saturated rings. The quantitative estimate of drug-likeness (QED) is 0.327. The van der Waals surface area contributed by atoms with Crippen molar-refractivity contribution in [2.75, 3.05) is 6.61 Å². The SMILES string of the molecule is C[CH]C(C)(Cc1ccc(-c2ccccc2)c(-c2noc(=O)[nH]2)c1)c1cccc(OCC2CC2)c1. The lowest BCUT2D eigenvalue weighted by molar-refractivity contribution is 0.299. The van der Waals surface area contributed by atoms with Gasteiger partial charge in [-0.15, -0.1) is 0 Å². The summed E-state index contributed by atoms with van der Waals surface area (Å²) < 4.78 is 10.9. The van der Waals surface area contributed by atoms with E-state index >= 15 is 0 Å². The number of benzene rings is 3. The van der Waals surface area contributed by atoms with Gasteiger partial charge in [0.25, 0.3) is 0 Å². The minimum absolute atomic E-state index is 0.193. The van der Waals surface area contributed by atoms with Crippen molar-refractivity contribution < 1.29 is 9.26 Å². The van der Waals surface area contributed by atoms with E-state index in [1.54, 1.807) is 0 Å². The van der Waals surface area contributed by atoms with Gasteiger partial charge in [0.1, 0.15) is 5.75 Å². The topological polar surface area (TPSA) is 68.1 Å². The van der Waals surface area contributed by atoms with Gasteiger partial charge in [-0.2, -0.15) is 0 Å². The van der Waals surface area contributed by atoms with Crippen molar-refractivity contribution in [2.45, 2.75) is 38.5 Å². The van der Waals surface area contributed by atoms with Gasteiger partial charge in [0.15, 0.2) is 5.82 Å². The third kappa shape index (κ3) is 4.84. The molecule has 1 aromatic heterocycles. The molecule has 1 aliphatic rings. The van der Waals surface area contributed by atoms with Crippen LogP contribution in [0.2, 0.25) is 0 Å². The van der Waals surface area contributed by atoms with Crippen LogP contribution in [0, 0.1) is 12.3 Å². The molecule has 1 saturated carbocycles. The molecule has 1 N–H and O–H groups in total. The van der Waals surface area contributed by atoms with E-state index in [9.17, 15) is 4.79 Å². The maximum atomic E-state index is 11.7. The number of hydrogen-bond donors (Lipinski definition) is 1. The van der Waals surface area contributed by atoms with Gasteiger partial charge in [-0.25, -0.2) is 4.79 Å². The number of aromatic amines is 1. The summed E-state index contributed by atoms with van der Waals surface area (Å²) in [6, 6.07) is 24.9. The van der Waals surface area contributed by atoms with Crippen molar-refractivity contribution >= 4 is 0 Å². The van der Waals surface area contributed by atoms with E-state index in [1.165, 1.54) is 18.4 Å². The predicted molar refractivity (Wildman–Crippen MR) is 134 cm³/mol. The van der Waals surface area contributed by atoms with Crippen molar-refractivity contribution in [3.05, 3.63) is 101 Å². The third-order valence-electron chi connectivity index (χ3n) is 6.75. The molecule has 34 heavy (non-hydrogen) atoms. The maximum Gasteiger partial charge on any atom is 0.439 e. The fourth-order valence-electron chi connectivity index (χ4n) is 4.35. The zero-order chi connectivity index (χ0) is 23.5. The first-order valence-corrected chi connectivity index (χ1v) is 11.8. The smallest absolute Gasteiger partial charge is 0.439 e. The molecule has 1 heterocycles. The summed E-state index contributed by atoms with van der Waals surface area (Å²) in [5.41, 5.74) is 5.05. The highest BCUT2D eigenvalue weighted by Crippen LogP contribution is 2.37. The van der Waals surface area contributed by atoms with Crippen LogP contribution < -0.4 is 10.5 Å². The Labute approximate surface area is 199 Å². The van der Waals surface area contributed by atoms with Crippen LogP contribution in [0.1, 0.15) is 37.8 Å². The van der Waals surface area contributed by atoms with Crippen LogP contribution in [-0.2, 0) is 11.8 Å². The second-order valence-corrected chi connectivity index (χ2v) is 9.35. The lowest BCUT2D eigenvalue weighted by atomic mass is 9.75. The molecule has 5 heteroatoms. The van der Waals surface area contributed by atoms with Crippen molar-refractivity contribution in [1.82, 2.24) is 10.1 Å². The lowest BCUT2D eigenvalue weighted by Crippen LogP contribution is -2.25. The summed E-state index contributed by atoms with van der Waals surface area (Å²) in [5, 5.41) is 3.97. The fraction of sp³-hybridized carbons (Fsp3) is 0.276. The first kappa shape index (κ1) is 22.2. The van der Waals surface area contributed by atoms with E-state index in [4.69, 9.17) is 9.26 Å². The minimum Gasteiger partial charge on any atom is -0.493 e. The summed E-state index contributed by atoms with van der Waals surface area (Å²) in [5.74, 6) is 1.52. The van der Waals surface area contributed by atoms with Gasteiger partial charge >= 0.3 is 5.76 Å². The Bertz CT molecular complexity index is 1320. The molecule has 3 aromatic carbocycles. The van der Waals surface area contributed by atoms with Crippen molar-refractivity contribution in [3.63, 3.8) is 0 Å². The first-order chi connectivity index (χ1) is 16.5. The Hall–Kier alpha value is -3.60. The number of rotatable bonds is 9. The van der Waals surface area contributed by atoms with Gasteiger partial charge in [-0.1, -0.05) is 73.6 Å². The molecule has 0 aliphatic heterocycles. The Morgan fingerprint density at radius 3 is 2.59 bits per heavy atom. The molecule has 4 aromatic rings. The molecule has 0 spiro atoms. The lowest BCUT2D eigenvalue weighted by Gasteiger charge is -2.29. The minimum atomic E-state index is -0.561. The van der Waals surface area contributed by atoms with Gasteiger partial charge in [0.05, 0.1) is 6.61 Å². The molecule has 1 aliphatic carbocycles. The van der Waals surface area contributed by atoms with Crippen molar-refractivity contribution in [1.29, 1.82) is 0 Å². The van der Waals surface area contributed by atoms with E-state index in [0.29, 0.717) is 5.82 Å². The Balaban J connectivity index is 1.48. The summed E-state index contributed by atoms with van der Waals surface area (Å²) in [6.45, 7) is 5.15. The Morgan fingerprint density at radius 2 is 1.88 bits per heavy atom. The van der Waals surface area contributed by atoms with Gasteiger partial charge < -0.3 is 4.74 Å². The Kier molecular flexibility index (Phi) is 6.10. The number of H-pyrrole nitrogens is 1. The molecular weight excluding hydrogens is 424 g/mol. The van der Waals surface area contributed by atoms with E-state index in [2.05, 4.69) is 66.8 Å². The van der Waals surface area contributed by atoms with Crippen LogP contribution in [0.15, 0.2) is 82.1 Å². The number of ether oxygens (including phenoxy) is 1. The average Bonchev–Trinajstić information content (AvgIpc) is 3.61. The van der Waals surface area contributed by atoms with Gasteiger partial charge in [-0.05, 0) is 77.5 Å². The zero-order valence-electron chi connectivity index (χ0n) is 19.6. The van der Waals surface area contributed by atoms with E-state index < -0.39 is 5.76 Å². The Morgan fingerprint density at radius 1 is 1.06 bits per heavy atom. The van der Waals surface area contributed by atoms with Gasteiger partial charge in [-0.3, -0.25) is 9.51 Å². The number of nitrogens with one attached hydrogen (secondary N) is 1. The predicted octanol–water partition coefficient (Wildman–Crippen LogP) is 6.21. The van der Waals surface area contributed by atoms with E-state index in [1.807, 2.05) is 36.4 Å². The van der Waals surface area contributed by atoms with Crippen LogP contribution in [0.5, 0.6) is 5.75 Å². The first-order valence-electron chi connectivity index (χ1n) is 11.8. The van der Waals surface area contributed by atoms with Gasteiger partial charge in [0, 0.05) is 5.56 Å². The summed E-state index contributed by atoms with van der Waals surface area (Å²) >= 11 is 0. The van der Waals surface area contributed by atoms with Crippen LogP contribution in [0.25, 0.3) is 22.5 Å². The maximum absolute atomic E-state index is 11.7. The molecule has 5 nitrogen and oxygen atoms in total. The molecule has 1 atom stereocenters. The second kappa shape index (κ2) is 9.34. The summed E-state index contributed by atoms with van der Waals surface area (Å²) in [6.07, 6.45) is 5.59. The molecule has 173 valence electrons. The van der Waals surface area contributed by atoms with Gasteiger partial charge in [0.2, 0.25) is 0 Å². The molecule has 0 bridgehead atoms. The monoisotopic (exact) mass is 453 g/mol. The second-order valence-electron chi connectivity index (χ2n) is 9.35. The highest BCUT2D eigenvalue weighted by Gasteiger charge is 2.27. The molecule has 0 saturated heterocycles. The normalized spacial score (nSPS) is 15.1. The van der Waals surface area contributed by atoms with Crippen LogP contribution in [-0.4, -0.2) is 16.7 Å². The number of nitrogens with zero attached hydrogens (tertiary/aromatic N) is 1. The molecule has 1 unspecified atom stereocenters. The largest absolute Gasteiger partial charge is 0.493 e. The third-order valence-corrected chi connectivity index (χ3v) is 6.75. The summed E-state index contributed by atoms with van der Waals surface area (Å²) in [7, 11) is 0. The van der Waals surface area contributed by atoms with Crippen LogP contribution in [0.3, 0.4) is 0 Å². The molecule has 5 rings (SSSR count). The zero-order valence-corrected chi connectivity index (χ0v) is 19.6. The summed E-state index contributed by atoms with van der Waals surface area (Å²) in [4.78, 5) is 14.4. The molecular formula is C29H29N2O3. The molecule has 0 amide bonds. The van der Waals surface area contributed by atoms with Crippen LogP contribution in [0.4, 0.5) is 0 Å². The van der Waals surface area contributed by atoms with Crippen molar-refractivity contribution in [2.24, 2.45) is 5.92 Å². The van der Waals surface area contributed by atoms with E-state index in [0.717, 1.165) is 46.9 Å². The number of hydrogen-bond acceptors (Lipinski definition) is 4. The highest BCUT2D eigenvalue weighted by molar-refractivity contribution is 5.80. The fourth-order valence-corrected chi connectivity index (χ4v) is 4.35. The van der Waals surface area contributed by atoms with Crippen LogP contribution >= 0.6 is 0 Å². The van der Waals surface area contributed by atoms with Crippen molar-refractivity contribution in [3.8, 4) is 28.3 Å². The average molecular weight is 454 g/mol. The van der Waals surface area contributed by atoms with E-state index in [-0.39, 0.29) is 5.41 Å². The number of aromatic nitrogens is 2.